The van der Waals surface area contributed by atoms with Gasteiger partial charge in [-0.15, -0.1) is 0 Å². The lowest BCUT2D eigenvalue weighted by molar-refractivity contribution is -0.113. The molecule has 90 valence electrons. The van der Waals surface area contributed by atoms with Crippen molar-refractivity contribution in [2.75, 3.05) is 0 Å². The number of carbonyl (C=O) groups is 1. The van der Waals surface area contributed by atoms with Crippen molar-refractivity contribution in [2.45, 2.75) is 46.0 Å². The number of aromatic nitrogens is 1. The Bertz CT molecular complexity index is 492. The van der Waals surface area contributed by atoms with Crippen LogP contribution in [0.25, 0.3) is 5.57 Å². The van der Waals surface area contributed by atoms with Crippen molar-refractivity contribution >= 4 is 11.4 Å². The lowest BCUT2D eigenvalue weighted by Gasteiger charge is -2.19. The van der Waals surface area contributed by atoms with E-state index in [2.05, 4.69) is 31.8 Å². The number of pyridine rings is 1. The molecule has 0 bridgehead atoms. The highest BCUT2D eigenvalue weighted by atomic mass is 16.1. The van der Waals surface area contributed by atoms with E-state index in [9.17, 15) is 4.79 Å². The van der Waals surface area contributed by atoms with Crippen molar-refractivity contribution in [2.24, 2.45) is 0 Å². The van der Waals surface area contributed by atoms with E-state index in [4.69, 9.17) is 0 Å². The molecule has 0 spiro atoms. The maximum absolute atomic E-state index is 11.8. The fraction of sp³-hybridized carbons (Fsp3) is 0.467. The van der Waals surface area contributed by atoms with Crippen LogP contribution in [0.15, 0.2) is 18.3 Å². The molecule has 0 aromatic carbocycles. The van der Waals surface area contributed by atoms with Gasteiger partial charge in [-0.25, -0.2) is 0 Å². The highest BCUT2D eigenvalue weighted by molar-refractivity contribution is 6.21. The second-order valence-corrected chi connectivity index (χ2v) is 5.58. The van der Waals surface area contributed by atoms with Crippen LogP contribution in [0.3, 0.4) is 0 Å². The summed E-state index contributed by atoms with van der Waals surface area (Å²) in [5.41, 5.74) is 4.23. The number of ketones is 1. The Morgan fingerprint density at radius 2 is 2.12 bits per heavy atom. The summed E-state index contributed by atoms with van der Waals surface area (Å²) >= 11 is 0. The summed E-state index contributed by atoms with van der Waals surface area (Å²) in [6, 6.07) is 2.09. The van der Waals surface area contributed by atoms with Crippen LogP contribution in [0.4, 0.5) is 0 Å². The number of nitrogens with zero attached hydrogens (tertiary/aromatic N) is 1. The van der Waals surface area contributed by atoms with Gasteiger partial charge in [0.1, 0.15) is 0 Å². The molecule has 0 saturated carbocycles. The molecular formula is C15H19NO. The zero-order valence-corrected chi connectivity index (χ0v) is 11.0. The molecule has 1 aromatic rings. The van der Waals surface area contributed by atoms with Crippen LogP contribution in [-0.2, 0) is 16.6 Å². The summed E-state index contributed by atoms with van der Waals surface area (Å²) in [6.07, 6.45) is 5.36. The van der Waals surface area contributed by atoms with Crippen molar-refractivity contribution in [1.29, 1.82) is 0 Å². The molecule has 2 heteroatoms. The summed E-state index contributed by atoms with van der Waals surface area (Å²) in [4.78, 5) is 16.3. The molecule has 2 rings (SSSR count). The first-order chi connectivity index (χ1) is 7.93. The second kappa shape index (κ2) is 4.10. The van der Waals surface area contributed by atoms with E-state index in [0.717, 1.165) is 23.3 Å². The molecule has 1 heterocycles. The smallest absolute Gasteiger partial charge is 0.162 e. The Balaban J connectivity index is 2.46. The first kappa shape index (κ1) is 12.0. The maximum atomic E-state index is 11.8. The Morgan fingerprint density at radius 3 is 2.71 bits per heavy atom. The van der Waals surface area contributed by atoms with Gasteiger partial charge in [0.15, 0.2) is 5.78 Å². The molecule has 1 aliphatic carbocycles. The third kappa shape index (κ3) is 2.17. The first-order valence-corrected chi connectivity index (χ1v) is 6.16. The molecule has 0 fully saturated rings. The zero-order valence-electron chi connectivity index (χ0n) is 11.0. The molecule has 1 aliphatic rings. The molecule has 0 saturated heterocycles. The van der Waals surface area contributed by atoms with Gasteiger partial charge in [-0.1, -0.05) is 33.8 Å². The van der Waals surface area contributed by atoms with Crippen molar-refractivity contribution < 1.29 is 4.79 Å². The largest absolute Gasteiger partial charge is 0.294 e. The van der Waals surface area contributed by atoms with Gasteiger partial charge >= 0.3 is 0 Å². The van der Waals surface area contributed by atoms with Crippen LogP contribution in [0, 0.1) is 0 Å². The Kier molecular flexibility index (Phi) is 2.90. The minimum atomic E-state index is 0.0258. The summed E-state index contributed by atoms with van der Waals surface area (Å²) in [5.74, 6) is 0.231. The molecule has 0 atom stereocenters. The monoisotopic (exact) mass is 229 g/mol. The first-order valence-electron chi connectivity index (χ1n) is 6.16. The number of hydrogen-bond acceptors (Lipinski definition) is 2. The van der Waals surface area contributed by atoms with Gasteiger partial charge in [0.2, 0.25) is 0 Å². The van der Waals surface area contributed by atoms with Crippen LogP contribution in [-0.4, -0.2) is 10.8 Å². The normalized spacial score (nSPS) is 14.5. The molecule has 17 heavy (non-hydrogen) atoms. The number of Topliss-reactive ketones (excluding diaryl/α,β-unsaturated/α-hetero) is 1. The van der Waals surface area contributed by atoms with E-state index >= 15 is 0 Å². The van der Waals surface area contributed by atoms with Crippen LogP contribution in [0.1, 0.15) is 50.9 Å². The van der Waals surface area contributed by atoms with E-state index < -0.39 is 0 Å². The number of allylic oxidation sites excluding steroid dienone is 2. The van der Waals surface area contributed by atoms with Gasteiger partial charge in [-0.3, -0.25) is 9.78 Å². The number of hydrogen-bond donors (Lipinski definition) is 0. The van der Waals surface area contributed by atoms with E-state index in [1.54, 1.807) is 0 Å². The molecule has 0 unspecified atom stereocenters. The SMILES string of the molecule is CCC(=O)C1=CCc2cnc(C(C)(C)C)cc21. The van der Waals surface area contributed by atoms with Crippen LogP contribution in [0.2, 0.25) is 0 Å². The molecule has 2 nitrogen and oxygen atoms in total. The van der Waals surface area contributed by atoms with E-state index in [1.807, 2.05) is 19.2 Å². The standard InChI is InChI=1S/C15H19NO/c1-5-13(17)11-7-6-10-9-16-14(8-12(10)11)15(2,3)4/h7-9H,5-6H2,1-4H3. The molecule has 0 radical (unpaired) electrons. The molecule has 0 N–H and O–H groups in total. The van der Waals surface area contributed by atoms with Crippen LogP contribution >= 0.6 is 0 Å². The summed E-state index contributed by atoms with van der Waals surface area (Å²) in [7, 11) is 0. The topological polar surface area (TPSA) is 30.0 Å². The third-order valence-corrected chi connectivity index (χ3v) is 3.19. The van der Waals surface area contributed by atoms with Gasteiger partial charge in [0.25, 0.3) is 0 Å². The summed E-state index contributed by atoms with van der Waals surface area (Å²) in [6.45, 7) is 8.33. The predicted molar refractivity (Wildman–Crippen MR) is 69.9 cm³/mol. The molecular weight excluding hydrogens is 210 g/mol. The lowest BCUT2D eigenvalue weighted by Crippen LogP contribution is -2.14. The molecule has 1 aromatic heterocycles. The van der Waals surface area contributed by atoms with Crippen molar-refractivity contribution in [3.63, 3.8) is 0 Å². The highest BCUT2D eigenvalue weighted by Crippen LogP contribution is 2.31. The maximum Gasteiger partial charge on any atom is 0.162 e. The Labute approximate surface area is 103 Å². The zero-order chi connectivity index (χ0) is 12.6. The fourth-order valence-electron chi connectivity index (χ4n) is 2.08. The summed E-state index contributed by atoms with van der Waals surface area (Å²) < 4.78 is 0. The summed E-state index contributed by atoms with van der Waals surface area (Å²) in [5, 5.41) is 0. The highest BCUT2D eigenvalue weighted by Gasteiger charge is 2.23. The second-order valence-electron chi connectivity index (χ2n) is 5.58. The van der Waals surface area contributed by atoms with Gasteiger partial charge in [-0.05, 0) is 23.6 Å². The number of rotatable bonds is 2. The van der Waals surface area contributed by atoms with Crippen molar-refractivity contribution in [3.8, 4) is 0 Å². The van der Waals surface area contributed by atoms with Gasteiger partial charge < -0.3 is 0 Å². The average molecular weight is 229 g/mol. The quantitative estimate of drug-likeness (QED) is 0.778. The minimum absolute atomic E-state index is 0.0258. The van der Waals surface area contributed by atoms with Crippen LogP contribution < -0.4 is 0 Å². The third-order valence-electron chi connectivity index (χ3n) is 3.19. The van der Waals surface area contributed by atoms with Crippen molar-refractivity contribution in [1.82, 2.24) is 4.98 Å². The number of carbonyl (C=O) groups excluding carboxylic acids is 1. The molecule has 0 aliphatic heterocycles. The fourth-order valence-corrected chi connectivity index (χ4v) is 2.08. The van der Waals surface area contributed by atoms with Crippen LogP contribution in [0.5, 0.6) is 0 Å². The van der Waals surface area contributed by atoms with Gasteiger partial charge in [-0.2, -0.15) is 0 Å². The minimum Gasteiger partial charge on any atom is -0.294 e. The Morgan fingerprint density at radius 1 is 1.41 bits per heavy atom. The Hall–Kier alpha value is -1.44. The van der Waals surface area contributed by atoms with Crippen molar-refractivity contribution in [3.05, 3.63) is 35.2 Å². The molecule has 0 amide bonds. The lowest BCUT2D eigenvalue weighted by atomic mass is 9.89. The van der Waals surface area contributed by atoms with Gasteiger partial charge in [0.05, 0.1) is 0 Å². The number of fused-ring (bicyclic) bond motifs is 1. The average Bonchev–Trinajstić information content (AvgIpc) is 2.69. The van der Waals surface area contributed by atoms with E-state index in [1.165, 1.54) is 5.56 Å². The van der Waals surface area contributed by atoms with E-state index in [0.29, 0.717) is 6.42 Å². The predicted octanol–water partition coefficient (Wildman–Crippen LogP) is 3.30. The van der Waals surface area contributed by atoms with Gasteiger partial charge in [0, 0.05) is 29.3 Å². The van der Waals surface area contributed by atoms with E-state index in [-0.39, 0.29) is 11.2 Å².